The Balaban J connectivity index is 2.66. The van der Waals surface area contributed by atoms with Gasteiger partial charge < -0.3 is 4.74 Å². The molecule has 0 saturated carbocycles. The van der Waals surface area contributed by atoms with Crippen LogP contribution in [0.3, 0.4) is 0 Å². The van der Waals surface area contributed by atoms with Gasteiger partial charge in [-0.25, -0.2) is 15.5 Å². The molecule has 1 unspecified atom stereocenters. The normalized spacial score (nSPS) is 12.5. The average Bonchev–Trinajstić information content (AvgIpc) is 2.63. The first-order chi connectivity index (χ1) is 7.19. The first-order valence-corrected chi connectivity index (χ1v) is 5.07. The molecule has 3 N–H and O–H groups in total. The topological polar surface area (TPSA) is 95.1 Å². The summed E-state index contributed by atoms with van der Waals surface area (Å²) < 4.78 is 6.50. The fraction of sp³-hybridized carbons (Fsp3) is 0.571. The van der Waals surface area contributed by atoms with E-state index in [0.717, 1.165) is 0 Å². The maximum absolute atomic E-state index is 11.3. The minimum Gasteiger partial charge on any atom is -0.383 e. The van der Waals surface area contributed by atoms with Crippen molar-refractivity contribution in [2.45, 2.75) is 10.4 Å². The molecule has 7 nitrogen and oxygen atoms in total. The van der Waals surface area contributed by atoms with Crippen molar-refractivity contribution >= 4 is 17.7 Å². The monoisotopic (exact) mass is 231 g/mol. The zero-order chi connectivity index (χ0) is 11.3. The van der Waals surface area contributed by atoms with Crippen molar-refractivity contribution in [2.75, 3.05) is 13.7 Å². The third-order valence-corrected chi connectivity index (χ3v) is 2.89. The van der Waals surface area contributed by atoms with Crippen molar-refractivity contribution in [3.05, 3.63) is 6.33 Å². The molecule has 1 rings (SSSR count). The molecule has 0 aliphatic rings. The Morgan fingerprint density at radius 1 is 1.87 bits per heavy atom. The molecule has 1 heterocycles. The van der Waals surface area contributed by atoms with Crippen molar-refractivity contribution < 1.29 is 9.53 Å². The molecule has 0 fully saturated rings. The van der Waals surface area contributed by atoms with Gasteiger partial charge in [0.2, 0.25) is 5.91 Å². The van der Waals surface area contributed by atoms with Crippen molar-refractivity contribution in [3.8, 4) is 0 Å². The Bertz CT molecular complexity index is 329. The molecule has 1 amide bonds. The summed E-state index contributed by atoms with van der Waals surface area (Å²) in [4.78, 5) is 15.3. The van der Waals surface area contributed by atoms with Gasteiger partial charge >= 0.3 is 0 Å². The van der Waals surface area contributed by atoms with Gasteiger partial charge in [-0.2, -0.15) is 5.10 Å². The number of amides is 1. The van der Waals surface area contributed by atoms with Crippen LogP contribution in [0.5, 0.6) is 0 Å². The lowest BCUT2D eigenvalue weighted by atomic mass is 10.4. The minimum absolute atomic E-state index is 0.264. The van der Waals surface area contributed by atoms with Crippen LogP contribution in [0.25, 0.3) is 0 Å². The van der Waals surface area contributed by atoms with Gasteiger partial charge in [-0.05, 0) is 0 Å². The van der Waals surface area contributed by atoms with Crippen molar-refractivity contribution in [2.24, 2.45) is 12.9 Å². The van der Waals surface area contributed by atoms with Crippen molar-refractivity contribution in [1.82, 2.24) is 20.2 Å². The standard InChI is InChI=1S/C7H13N5O2S/c1-12-7(9-4-10-12)15-5(3-14-2)6(13)11-8/h4-5H,3,8H2,1-2H3,(H,11,13). The fourth-order valence-corrected chi connectivity index (χ4v) is 1.87. The molecule has 1 aromatic rings. The van der Waals surface area contributed by atoms with E-state index in [1.807, 2.05) is 0 Å². The van der Waals surface area contributed by atoms with Gasteiger partial charge in [-0.1, -0.05) is 11.8 Å². The first kappa shape index (κ1) is 12.0. The third-order valence-electron chi connectivity index (χ3n) is 1.67. The van der Waals surface area contributed by atoms with Crippen LogP contribution >= 0.6 is 11.8 Å². The number of aryl methyl sites for hydroxylation is 1. The fourth-order valence-electron chi connectivity index (χ4n) is 0.927. The number of hydrogen-bond acceptors (Lipinski definition) is 6. The van der Waals surface area contributed by atoms with Crippen LogP contribution in [-0.2, 0) is 16.6 Å². The number of nitrogens with zero attached hydrogens (tertiary/aromatic N) is 3. The molecule has 1 aromatic heterocycles. The molecule has 0 bridgehead atoms. The Morgan fingerprint density at radius 3 is 3.07 bits per heavy atom. The van der Waals surface area contributed by atoms with Gasteiger partial charge in [0.15, 0.2) is 5.16 Å². The van der Waals surface area contributed by atoms with E-state index in [9.17, 15) is 4.79 Å². The second kappa shape index (κ2) is 5.69. The Morgan fingerprint density at radius 2 is 2.60 bits per heavy atom. The van der Waals surface area contributed by atoms with E-state index < -0.39 is 5.25 Å². The molecular formula is C7H13N5O2S. The summed E-state index contributed by atoms with van der Waals surface area (Å²) in [5.41, 5.74) is 2.08. The Labute approximate surface area is 91.3 Å². The Kier molecular flexibility index (Phi) is 4.53. The molecule has 15 heavy (non-hydrogen) atoms. The second-order valence-corrected chi connectivity index (χ2v) is 3.91. The zero-order valence-electron chi connectivity index (χ0n) is 8.51. The molecule has 8 heteroatoms. The SMILES string of the molecule is COCC(Sc1ncnn1C)C(=O)NN. The number of carbonyl (C=O) groups excluding carboxylic acids is 1. The number of thioether (sulfide) groups is 1. The third kappa shape index (κ3) is 3.18. The van der Waals surface area contributed by atoms with E-state index in [1.165, 1.54) is 25.2 Å². The van der Waals surface area contributed by atoms with Crippen molar-refractivity contribution in [3.63, 3.8) is 0 Å². The summed E-state index contributed by atoms with van der Waals surface area (Å²) in [6, 6.07) is 0. The summed E-state index contributed by atoms with van der Waals surface area (Å²) >= 11 is 1.25. The highest BCUT2D eigenvalue weighted by molar-refractivity contribution is 8.00. The predicted molar refractivity (Wildman–Crippen MR) is 54.9 cm³/mol. The van der Waals surface area contributed by atoms with Crippen LogP contribution in [0.4, 0.5) is 0 Å². The van der Waals surface area contributed by atoms with Gasteiger partial charge in [0.25, 0.3) is 0 Å². The molecule has 0 saturated heterocycles. The van der Waals surface area contributed by atoms with Crippen LogP contribution in [-0.4, -0.2) is 39.6 Å². The summed E-state index contributed by atoms with van der Waals surface area (Å²) in [5, 5.41) is 4.11. The van der Waals surface area contributed by atoms with Gasteiger partial charge in [0.05, 0.1) is 6.61 Å². The summed E-state index contributed by atoms with van der Waals surface area (Å²) in [6.45, 7) is 0.264. The number of methoxy groups -OCH3 is 1. The number of aromatic nitrogens is 3. The number of rotatable bonds is 5. The number of hydrazine groups is 1. The van der Waals surface area contributed by atoms with Crippen LogP contribution in [0.15, 0.2) is 11.5 Å². The average molecular weight is 231 g/mol. The summed E-state index contributed by atoms with van der Waals surface area (Å²) in [7, 11) is 3.27. The predicted octanol–water partition coefficient (Wildman–Crippen LogP) is -1.09. The van der Waals surface area contributed by atoms with E-state index in [1.54, 1.807) is 11.7 Å². The maximum atomic E-state index is 11.3. The molecule has 0 aliphatic carbocycles. The lowest BCUT2D eigenvalue weighted by Crippen LogP contribution is -2.39. The number of nitrogens with two attached hydrogens (primary N) is 1. The van der Waals surface area contributed by atoms with Gasteiger partial charge in [-0.15, -0.1) is 0 Å². The highest BCUT2D eigenvalue weighted by Gasteiger charge is 2.20. The lowest BCUT2D eigenvalue weighted by Gasteiger charge is -2.12. The molecule has 84 valence electrons. The minimum atomic E-state index is -0.428. The molecular weight excluding hydrogens is 218 g/mol. The molecule has 0 radical (unpaired) electrons. The molecule has 1 atom stereocenters. The second-order valence-electron chi connectivity index (χ2n) is 2.74. The summed E-state index contributed by atoms with van der Waals surface area (Å²) in [6.07, 6.45) is 1.42. The number of carbonyl (C=O) groups is 1. The smallest absolute Gasteiger partial charge is 0.249 e. The van der Waals surface area contributed by atoms with E-state index in [4.69, 9.17) is 10.6 Å². The summed E-state index contributed by atoms with van der Waals surface area (Å²) in [5.74, 6) is 4.76. The zero-order valence-corrected chi connectivity index (χ0v) is 9.32. The van der Waals surface area contributed by atoms with Crippen LogP contribution < -0.4 is 11.3 Å². The maximum Gasteiger partial charge on any atom is 0.249 e. The van der Waals surface area contributed by atoms with Gasteiger partial charge in [-0.3, -0.25) is 10.2 Å². The van der Waals surface area contributed by atoms with Crippen LogP contribution in [0.2, 0.25) is 0 Å². The number of ether oxygens (including phenoxy) is 1. The van der Waals surface area contributed by atoms with E-state index >= 15 is 0 Å². The van der Waals surface area contributed by atoms with Crippen LogP contribution in [0, 0.1) is 0 Å². The van der Waals surface area contributed by atoms with Gasteiger partial charge in [0.1, 0.15) is 11.6 Å². The number of hydrogen-bond donors (Lipinski definition) is 2. The van der Waals surface area contributed by atoms with Crippen molar-refractivity contribution in [1.29, 1.82) is 0 Å². The van der Waals surface area contributed by atoms with E-state index in [2.05, 4.69) is 15.5 Å². The first-order valence-electron chi connectivity index (χ1n) is 4.19. The lowest BCUT2D eigenvalue weighted by molar-refractivity contribution is -0.121. The van der Waals surface area contributed by atoms with E-state index in [0.29, 0.717) is 5.16 Å². The Hall–Kier alpha value is -1.12. The van der Waals surface area contributed by atoms with Gasteiger partial charge in [0, 0.05) is 14.2 Å². The molecule has 0 aromatic carbocycles. The molecule has 0 spiro atoms. The highest BCUT2D eigenvalue weighted by atomic mass is 32.2. The quantitative estimate of drug-likeness (QED) is 0.289. The number of nitrogens with one attached hydrogen (secondary N) is 1. The highest BCUT2D eigenvalue weighted by Crippen LogP contribution is 2.20. The van der Waals surface area contributed by atoms with E-state index in [-0.39, 0.29) is 12.5 Å². The van der Waals surface area contributed by atoms with Crippen LogP contribution in [0.1, 0.15) is 0 Å². The molecule has 0 aliphatic heterocycles. The largest absolute Gasteiger partial charge is 0.383 e.